The molecule has 0 saturated heterocycles. The van der Waals surface area contributed by atoms with E-state index in [4.69, 9.17) is 14.2 Å². The van der Waals surface area contributed by atoms with Crippen molar-refractivity contribution >= 4 is 17.9 Å². The molecule has 4 unspecified atom stereocenters. The van der Waals surface area contributed by atoms with Crippen LogP contribution in [0, 0.1) is 11.8 Å². The molecule has 0 aromatic heterocycles. The van der Waals surface area contributed by atoms with Crippen LogP contribution in [0.25, 0.3) is 0 Å². The summed E-state index contributed by atoms with van der Waals surface area (Å²) in [6.45, 7) is 13.1. The van der Waals surface area contributed by atoms with Gasteiger partial charge in [-0.1, -0.05) is 181 Å². The Hall–Kier alpha value is -2.41. The number of unbranched alkanes of at least 4 members (excludes halogenated alkanes) is 18. The molecule has 7 nitrogen and oxygen atoms in total. The summed E-state index contributed by atoms with van der Waals surface area (Å²) in [5.74, 6) is -0.242. The molecule has 1 rings (SSSR count). The van der Waals surface area contributed by atoms with Gasteiger partial charge in [0.2, 0.25) is 0 Å². The van der Waals surface area contributed by atoms with Crippen molar-refractivity contribution in [2.75, 3.05) is 20.7 Å². The molecule has 1 saturated carbocycles. The molecule has 0 amide bonds. The minimum Gasteiger partial charge on any atom is -0.466 e. The van der Waals surface area contributed by atoms with Crippen molar-refractivity contribution in [2.45, 2.75) is 259 Å². The summed E-state index contributed by atoms with van der Waals surface area (Å²) in [6.07, 6.45) is 47.4. The van der Waals surface area contributed by atoms with E-state index in [0.717, 1.165) is 77.0 Å². The lowest BCUT2D eigenvalue weighted by molar-refractivity contribution is -0.152. The molecule has 0 aromatic rings. The van der Waals surface area contributed by atoms with E-state index in [-0.39, 0.29) is 48.6 Å². The molecule has 358 valence electrons. The van der Waals surface area contributed by atoms with Gasteiger partial charge < -0.3 is 19.5 Å². The normalized spacial score (nSPS) is 16.6. The average Bonchev–Trinajstić information content (AvgIpc) is 3.61. The van der Waals surface area contributed by atoms with E-state index in [0.29, 0.717) is 25.7 Å². The van der Waals surface area contributed by atoms with Crippen LogP contribution in [0.15, 0.2) is 36.5 Å². The number of hydrogen-bond acceptors (Lipinski definition) is 7. The van der Waals surface area contributed by atoms with Gasteiger partial charge in [0.05, 0.1) is 6.61 Å². The zero-order chi connectivity index (χ0) is 45.4. The van der Waals surface area contributed by atoms with Crippen molar-refractivity contribution in [3.05, 3.63) is 36.5 Å². The van der Waals surface area contributed by atoms with Gasteiger partial charge in [-0.25, -0.2) is 0 Å². The lowest BCUT2D eigenvalue weighted by Gasteiger charge is -2.23. The second-order valence-electron chi connectivity index (χ2n) is 17.3. The first-order valence-electron chi connectivity index (χ1n) is 25.9. The SMILES string of the molecule is CC/C=C\CC1C(CC(=O)OCCC(CCCCCCCC/C=C\C/C=C\CCCCC)OC(=O)CCCCCCC)CCC1OC(=O)CC.CCCCCCCC.CNC. The van der Waals surface area contributed by atoms with Gasteiger partial charge in [0.15, 0.2) is 0 Å². The maximum absolute atomic E-state index is 12.9. The van der Waals surface area contributed by atoms with E-state index in [9.17, 15) is 14.4 Å². The van der Waals surface area contributed by atoms with Gasteiger partial charge in [0.25, 0.3) is 0 Å². The largest absolute Gasteiger partial charge is 0.466 e. The van der Waals surface area contributed by atoms with Crippen molar-refractivity contribution in [3.63, 3.8) is 0 Å². The van der Waals surface area contributed by atoms with Crippen molar-refractivity contribution in [1.29, 1.82) is 0 Å². The Kier molecular flexibility index (Phi) is 48.4. The fourth-order valence-corrected chi connectivity index (χ4v) is 7.70. The van der Waals surface area contributed by atoms with E-state index in [2.05, 4.69) is 76.4 Å². The molecule has 7 heteroatoms. The van der Waals surface area contributed by atoms with Gasteiger partial charge >= 0.3 is 17.9 Å². The Morgan fingerprint density at radius 3 is 1.67 bits per heavy atom. The maximum atomic E-state index is 12.9. The van der Waals surface area contributed by atoms with Gasteiger partial charge in [-0.3, -0.25) is 14.4 Å². The lowest BCUT2D eigenvalue weighted by atomic mass is 9.88. The number of carbonyl (C=O) groups is 3. The monoisotopic (exact) mass is 860 g/mol. The molecule has 0 bridgehead atoms. The summed E-state index contributed by atoms with van der Waals surface area (Å²) in [4.78, 5) is 37.6. The number of rotatable bonds is 37. The van der Waals surface area contributed by atoms with E-state index in [1.807, 2.05) is 21.0 Å². The summed E-state index contributed by atoms with van der Waals surface area (Å²) in [5, 5.41) is 2.75. The molecule has 1 aliphatic carbocycles. The van der Waals surface area contributed by atoms with Crippen LogP contribution in [0.2, 0.25) is 0 Å². The second-order valence-corrected chi connectivity index (χ2v) is 17.3. The van der Waals surface area contributed by atoms with Crippen LogP contribution >= 0.6 is 0 Å². The molecule has 0 heterocycles. The molecule has 1 fully saturated rings. The zero-order valence-corrected chi connectivity index (χ0v) is 41.6. The number of ether oxygens (including phenoxy) is 3. The van der Waals surface area contributed by atoms with E-state index >= 15 is 0 Å². The Bertz CT molecular complexity index is 1050. The summed E-state index contributed by atoms with van der Waals surface area (Å²) < 4.78 is 17.4. The smallest absolute Gasteiger partial charge is 0.306 e. The fraction of sp³-hybridized carbons (Fsp3) is 0.833. The average molecular weight is 860 g/mol. The highest BCUT2D eigenvalue weighted by atomic mass is 16.6. The van der Waals surface area contributed by atoms with Crippen molar-refractivity contribution in [2.24, 2.45) is 11.8 Å². The molecule has 0 aliphatic heterocycles. The van der Waals surface area contributed by atoms with Crippen LogP contribution in [0.1, 0.15) is 247 Å². The van der Waals surface area contributed by atoms with Gasteiger partial charge in [-0.05, 0) is 97.1 Å². The summed E-state index contributed by atoms with van der Waals surface area (Å²) in [6, 6.07) is 0. The van der Waals surface area contributed by atoms with E-state index in [1.54, 1.807) is 0 Å². The zero-order valence-electron chi connectivity index (χ0n) is 41.6. The molecule has 4 atom stereocenters. The van der Waals surface area contributed by atoms with Gasteiger partial charge in [0.1, 0.15) is 12.2 Å². The predicted octanol–water partition coefficient (Wildman–Crippen LogP) is 15.7. The predicted molar refractivity (Wildman–Crippen MR) is 262 cm³/mol. The number of nitrogens with one attached hydrogen (secondary N) is 1. The quantitative estimate of drug-likeness (QED) is 0.0288. The molecular weight excluding hydrogens is 759 g/mol. The van der Waals surface area contributed by atoms with Crippen molar-refractivity contribution in [3.8, 4) is 0 Å². The molecule has 0 spiro atoms. The van der Waals surface area contributed by atoms with Crippen LogP contribution in [-0.2, 0) is 28.6 Å². The highest BCUT2D eigenvalue weighted by Gasteiger charge is 2.38. The first kappa shape index (κ1) is 60.7. The highest BCUT2D eigenvalue weighted by Crippen LogP contribution is 2.39. The third kappa shape index (κ3) is 41.4. The molecule has 1 N–H and O–H groups in total. The Balaban J connectivity index is 0. The van der Waals surface area contributed by atoms with Crippen LogP contribution in [0.5, 0.6) is 0 Å². The Morgan fingerprint density at radius 1 is 0.574 bits per heavy atom. The van der Waals surface area contributed by atoms with E-state index in [1.165, 1.54) is 103 Å². The minimum absolute atomic E-state index is 0.125. The molecule has 0 aromatic carbocycles. The van der Waals surface area contributed by atoms with Gasteiger partial charge in [0, 0.05) is 31.6 Å². The van der Waals surface area contributed by atoms with Crippen molar-refractivity contribution in [1.82, 2.24) is 5.32 Å². The summed E-state index contributed by atoms with van der Waals surface area (Å²) in [7, 11) is 3.75. The van der Waals surface area contributed by atoms with Crippen LogP contribution in [0.3, 0.4) is 0 Å². The minimum atomic E-state index is -0.215. The topological polar surface area (TPSA) is 90.9 Å². The van der Waals surface area contributed by atoms with E-state index < -0.39 is 0 Å². The van der Waals surface area contributed by atoms with Gasteiger partial charge in [-0.2, -0.15) is 0 Å². The number of hydrogen-bond donors (Lipinski definition) is 1. The lowest BCUT2D eigenvalue weighted by Crippen LogP contribution is -2.26. The number of esters is 3. The standard InChI is InChI=1S/C44H76O6.C8H18.C2H7N/c1-5-9-12-14-15-16-17-18-19-20-21-22-23-24-26-28-30-39(49-43(46)32-29-25-13-10-6-2)35-36-48-44(47)37-38-33-34-41(50-42(45)8-4)40(38)31-27-11-7-3;1-3-5-7-8-6-4-2;1-3-2/h11,15-16,18-19,27,38-41H,5-10,12-14,17,20-26,28-37H2,1-4H3;3-8H2,1-2H3;3H,1-2H3/b16-15-,19-18-,27-11-;;. The fourth-order valence-electron chi connectivity index (χ4n) is 7.70. The van der Waals surface area contributed by atoms with Crippen LogP contribution in [0.4, 0.5) is 0 Å². The third-order valence-electron chi connectivity index (χ3n) is 11.4. The molecule has 61 heavy (non-hydrogen) atoms. The first-order valence-corrected chi connectivity index (χ1v) is 25.9. The maximum Gasteiger partial charge on any atom is 0.306 e. The Labute approximate surface area is 378 Å². The van der Waals surface area contributed by atoms with Gasteiger partial charge in [-0.15, -0.1) is 0 Å². The molecule has 1 aliphatic rings. The highest BCUT2D eigenvalue weighted by molar-refractivity contribution is 5.70. The summed E-state index contributed by atoms with van der Waals surface area (Å²) in [5.41, 5.74) is 0. The summed E-state index contributed by atoms with van der Waals surface area (Å²) >= 11 is 0. The third-order valence-corrected chi connectivity index (χ3v) is 11.4. The van der Waals surface area contributed by atoms with Crippen LogP contribution < -0.4 is 5.32 Å². The van der Waals surface area contributed by atoms with Crippen molar-refractivity contribution < 1.29 is 28.6 Å². The number of allylic oxidation sites excluding steroid dienone is 6. The number of carbonyl (C=O) groups excluding carboxylic acids is 3. The van der Waals surface area contributed by atoms with Crippen LogP contribution in [-0.4, -0.2) is 50.8 Å². The first-order chi connectivity index (χ1) is 29.8. The molecule has 0 radical (unpaired) electrons. The molecular formula is C54H101NO6. The second kappa shape index (κ2) is 48.6. The Morgan fingerprint density at radius 2 is 1.10 bits per heavy atom.